The van der Waals surface area contributed by atoms with E-state index in [1.807, 2.05) is 25.1 Å². The highest BCUT2D eigenvalue weighted by Crippen LogP contribution is 2.48. The van der Waals surface area contributed by atoms with Gasteiger partial charge in [0.25, 0.3) is 0 Å². The van der Waals surface area contributed by atoms with Gasteiger partial charge in [0.05, 0.1) is 11.1 Å². The molecule has 1 fully saturated rings. The zero-order valence-corrected chi connectivity index (χ0v) is 12.8. The van der Waals surface area contributed by atoms with Crippen LogP contribution in [-0.2, 0) is 10.2 Å². The summed E-state index contributed by atoms with van der Waals surface area (Å²) in [5.74, 6) is 0.255. The number of pyridine rings is 1. The van der Waals surface area contributed by atoms with E-state index in [0.717, 1.165) is 18.5 Å². The fraction of sp³-hybridized carbons (Fsp3) is 0.529. The smallest absolute Gasteiger partial charge is 0.141 e. The molecule has 1 heterocycles. The van der Waals surface area contributed by atoms with Crippen molar-refractivity contribution in [3.8, 4) is 0 Å². The summed E-state index contributed by atoms with van der Waals surface area (Å²) in [6.07, 6.45) is 5.66. The molecule has 2 heteroatoms. The zero-order valence-electron chi connectivity index (χ0n) is 12.8. The number of ketones is 1. The molecule has 1 saturated carbocycles. The Kier molecular flexibility index (Phi) is 4.67. The van der Waals surface area contributed by atoms with E-state index in [-0.39, 0.29) is 11.2 Å². The third kappa shape index (κ3) is 4.30. The Hall–Kier alpha value is -1.44. The van der Waals surface area contributed by atoms with Gasteiger partial charge < -0.3 is 0 Å². The molecule has 0 N–H and O–H groups in total. The van der Waals surface area contributed by atoms with Crippen LogP contribution in [0.25, 0.3) is 0 Å². The summed E-state index contributed by atoms with van der Waals surface area (Å²) in [6.45, 7) is 13.7. The average molecular weight is 259 g/mol. The maximum absolute atomic E-state index is 11.4. The van der Waals surface area contributed by atoms with E-state index >= 15 is 0 Å². The molecule has 104 valence electrons. The van der Waals surface area contributed by atoms with Crippen LogP contribution in [-0.4, -0.2) is 10.8 Å². The van der Waals surface area contributed by atoms with E-state index < -0.39 is 0 Å². The Morgan fingerprint density at radius 3 is 2.26 bits per heavy atom. The highest BCUT2D eigenvalue weighted by atomic mass is 16.1. The number of carbonyl (C=O) groups excluding carboxylic acids is 1. The normalized spacial score (nSPS) is 16.1. The lowest BCUT2D eigenvalue weighted by atomic mass is 9.96. The van der Waals surface area contributed by atoms with Crippen LogP contribution in [0.5, 0.6) is 0 Å². The van der Waals surface area contributed by atoms with Crippen molar-refractivity contribution < 1.29 is 4.79 Å². The molecule has 2 rings (SSSR count). The number of Topliss-reactive ketones (excluding diaryl/α,β-unsaturated/α-hetero) is 1. The van der Waals surface area contributed by atoms with Crippen molar-refractivity contribution in [1.82, 2.24) is 4.98 Å². The van der Waals surface area contributed by atoms with E-state index in [4.69, 9.17) is 0 Å². The number of allylic oxidation sites excluding steroid dienone is 1. The first-order valence-corrected chi connectivity index (χ1v) is 6.79. The Bertz CT molecular complexity index is 464. The number of hydrogen-bond donors (Lipinski definition) is 0. The van der Waals surface area contributed by atoms with Crippen LogP contribution in [0.2, 0.25) is 0 Å². The van der Waals surface area contributed by atoms with Crippen LogP contribution >= 0.6 is 0 Å². The van der Waals surface area contributed by atoms with Crippen LogP contribution in [0.15, 0.2) is 31.0 Å². The van der Waals surface area contributed by atoms with Gasteiger partial charge in [0.2, 0.25) is 0 Å². The number of rotatable bonds is 2. The van der Waals surface area contributed by atoms with Gasteiger partial charge in [-0.3, -0.25) is 9.78 Å². The van der Waals surface area contributed by atoms with Gasteiger partial charge in [-0.05, 0) is 49.8 Å². The van der Waals surface area contributed by atoms with E-state index in [2.05, 4.69) is 32.3 Å². The molecule has 0 spiro atoms. The van der Waals surface area contributed by atoms with Gasteiger partial charge in [0.15, 0.2) is 0 Å². The van der Waals surface area contributed by atoms with E-state index in [9.17, 15) is 4.79 Å². The summed E-state index contributed by atoms with van der Waals surface area (Å²) >= 11 is 0. The minimum absolute atomic E-state index is 0.216. The topological polar surface area (TPSA) is 30.0 Å². The molecule has 2 nitrogen and oxygen atoms in total. The predicted molar refractivity (Wildman–Crippen MR) is 80.2 cm³/mol. The van der Waals surface area contributed by atoms with Crippen LogP contribution in [0, 0.1) is 12.3 Å². The highest BCUT2D eigenvalue weighted by molar-refractivity contribution is 5.90. The Morgan fingerprint density at radius 1 is 1.42 bits per heavy atom. The van der Waals surface area contributed by atoms with Crippen LogP contribution in [0.1, 0.15) is 51.8 Å². The average Bonchev–Trinajstić information content (AvgIpc) is 3.10. The van der Waals surface area contributed by atoms with Gasteiger partial charge in [0.1, 0.15) is 5.78 Å². The minimum Gasteiger partial charge on any atom is -0.299 e. The lowest BCUT2D eigenvalue weighted by molar-refractivity contribution is -0.119. The molecule has 1 aromatic heterocycles. The van der Waals surface area contributed by atoms with Gasteiger partial charge in [-0.1, -0.05) is 26.8 Å². The van der Waals surface area contributed by atoms with Gasteiger partial charge >= 0.3 is 0 Å². The second kappa shape index (κ2) is 5.68. The molecular weight excluding hydrogens is 234 g/mol. The second-order valence-corrected chi connectivity index (χ2v) is 6.43. The Morgan fingerprint density at radius 2 is 1.95 bits per heavy atom. The quantitative estimate of drug-likeness (QED) is 0.744. The summed E-state index contributed by atoms with van der Waals surface area (Å²) in [4.78, 5) is 15.7. The predicted octanol–water partition coefficient (Wildman–Crippen LogP) is 4.23. The van der Waals surface area contributed by atoms with Crippen LogP contribution < -0.4 is 0 Å². The molecule has 0 saturated heterocycles. The number of nitrogens with zero attached hydrogens (tertiary/aromatic N) is 1. The van der Waals surface area contributed by atoms with Crippen molar-refractivity contribution in [3.63, 3.8) is 0 Å². The second-order valence-electron chi connectivity index (χ2n) is 6.43. The molecule has 0 unspecified atom stereocenters. The first-order valence-electron chi connectivity index (χ1n) is 6.79. The summed E-state index contributed by atoms with van der Waals surface area (Å²) in [6, 6.07) is 3.98. The maximum Gasteiger partial charge on any atom is 0.141 e. The Balaban J connectivity index is 0.000000258. The molecule has 1 aliphatic rings. The summed E-state index contributed by atoms with van der Waals surface area (Å²) in [5.41, 5.74) is 2.23. The molecule has 0 aliphatic heterocycles. The molecule has 0 radical (unpaired) electrons. The van der Waals surface area contributed by atoms with E-state index in [1.54, 1.807) is 13.1 Å². The van der Waals surface area contributed by atoms with Crippen molar-refractivity contribution in [2.75, 3.05) is 0 Å². The summed E-state index contributed by atoms with van der Waals surface area (Å²) in [7, 11) is 0. The lowest BCUT2D eigenvalue weighted by Crippen LogP contribution is -2.18. The largest absolute Gasteiger partial charge is 0.299 e. The molecule has 0 atom stereocenters. The van der Waals surface area contributed by atoms with Crippen LogP contribution in [0.3, 0.4) is 0 Å². The van der Waals surface area contributed by atoms with Crippen LogP contribution in [0.4, 0.5) is 0 Å². The van der Waals surface area contributed by atoms with Gasteiger partial charge in [-0.15, -0.1) is 6.58 Å². The molecule has 19 heavy (non-hydrogen) atoms. The standard InChI is InChI=1S/C11H13NO.C6H12/c1-8-3-6-12-10(7-8)11(4-5-11)9(2)13;1-5-6(2,3)4/h3,6-7H,4-5H2,1-2H3;5H,1H2,2-4H3. The summed E-state index contributed by atoms with van der Waals surface area (Å²) < 4.78 is 0. The van der Waals surface area contributed by atoms with E-state index in [0.29, 0.717) is 5.41 Å². The SMILES string of the molecule is C=CC(C)(C)C.CC(=O)C1(c2cc(C)ccn2)CC1. The van der Waals surface area contributed by atoms with Crippen molar-refractivity contribution in [2.45, 2.75) is 52.9 Å². The van der Waals surface area contributed by atoms with Crippen molar-refractivity contribution in [3.05, 3.63) is 42.2 Å². The van der Waals surface area contributed by atoms with Gasteiger partial charge in [-0.25, -0.2) is 0 Å². The van der Waals surface area contributed by atoms with Crippen molar-refractivity contribution in [1.29, 1.82) is 0 Å². The summed E-state index contributed by atoms with van der Waals surface area (Å²) in [5, 5.41) is 0. The minimum atomic E-state index is -0.216. The third-order valence-electron chi connectivity index (χ3n) is 3.44. The third-order valence-corrected chi connectivity index (χ3v) is 3.44. The van der Waals surface area contributed by atoms with Gasteiger partial charge in [0, 0.05) is 6.20 Å². The molecule has 0 bridgehead atoms. The monoisotopic (exact) mass is 259 g/mol. The van der Waals surface area contributed by atoms with Crippen molar-refractivity contribution >= 4 is 5.78 Å². The molecule has 1 aliphatic carbocycles. The maximum atomic E-state index is 11.4. The molecule has 1 aromatic rings. The first-order chi connectivity index (χ1) is 8.71. The molecule has 0 aromatic carbocycles. The number of hydrogen-bond acceptors (Lipinski definition) is 2. The lowest BCUT2D eigenvalue weighted by Gasteiger charge is -2.10. The Labute approximate surface area is 117 Å². The molecular formula is C17H25NO. The highest BCUT2D eigenvalue weighted by Gasteiger charge is 2.49. The van der Waals surface area contributed by atoms with Gasteiger partial charge in [-0.2, -0.15) is 0 Å². The molecule has 0 amide bonds. The fourth-order valence-corrected chi connectivity index (χ4v) is 1.71. The van der Waals surface area contributed by atoms with E-state index in [1.165, 1.54) is 5.56 Å². The zero-order chi connectivity index (χ0) is 14.7. The number of aryl methyl sites for hydroxylation is 1. The number of carbonyl (C=O) groups is 1. The first kappa shape index (κ1) is 15.6. The van der Waals surface area contributed by atoms with Crippen molar-refractivity contribution in [2.24, 2.45) is 5.41 Å². The number of aromatic nitrogens is 1. The fourth-order valence-electron chi connectivity index (χ4n) is 1.71.